The first-order chi connectivity index (χ1) is 17.1. The third kappa shape index (κ3) is 8.08. The number of aryl methyl sites for hydroxylation is 1. The van der Waals surface area contributed by atoms with E-state index in [9.17, 15) is 10.2 Å². The summed E-state index contributed by atoms with van der Waals surface area (Å²) in [7, 11) is 2.13. The van der Waals surface area contributed by atoms with Crippen molar-refractivity contribution in [2.24, 2.45) is 11.8 Å². The number of nitrogens with zero attached hydrogens (tertiary/aromatic N) is 2. The number of likely N-dealkylation sites (N-methyl/N-ethyl adjacent to an activating group) is 1. The van der Waals surface area contributed by atoms with Crippen LogP contribution >= 0.6 is 0 Å². The van der Waals surface area contributed by atoms with Crippen LogP contribution in [-0.4, -0.2) is 85.2 Å². The fourth-order valence-corrected chi connectivity index (χ4v) is 6.32. The van der Waals surface area contributed by atoms with Gasteiger partial charge in [-0.1, -0.05) is 38.2 Å². The third-order valence-electron chi connectivity index (χ3n) is 8.35. The monoisotopic (exact) mass is 488 g/mol. The average Bonchev–Trinajstić information content (AvgIpc) is 3.00. The molecule has 198 valence electrons. The lowest BCUT2D eigenvalue weighted by molar-refractivity contribution is -0.0216. The van der Waals surface area contributed by atoms with Crippen molar-refractivity contribution in [1.29, 1.82) is 0 Å². The van der Waals surface area contributed by atoms with Crippen LogP contribution in [0.2, 0.25) is 0 Å². The maximum Gasteiger partial charge on any atom is 0.161 e. The maximum absolute atomic E-state index is 11.3. The Hall–Kier alpha value is -1.34. The zero-order chi connectivity index (χ0) is 24.5. The number of ether oxygens (including phenoxy) is 2. The van der Waals surface area contributed by atoms with Crippen molar-refractivity contribution in [2.45, 2.75) is 82.8 Å². The Bertz CT molecular complexity index is 760. The number of unbranched alkanes of at least 4 members (excludes halogenated alkanes) is 1. The molecule has 6 heteroatoms. The van der Waals surface area contributed by atoms with E-state index in [2.05, 4.69) is 29.0 Å². The fraction of sp³-hybridized carbons (Fsp3) is 0.793. The van der Waals surface area contributed by atoms with Crippen LogP contribution in [-0.2, 0) is 6.42 Å². The van der Waals surface area contributed by atoms with Gasteiger partial charge < -0.3 is 29.5 Å². The Morgan fingerprint density at radius 1 is 0.800 bits per heavy atom. The summed E-state index contributed by atoms with van der Waals surface area (Å²) in [4.78, 5) is 4.86. The van der Waals surface area contributed by atoms with Crippen LogP contribution in [0.15, 0.2) is 18.2 Å². The van der Waals surface area contributed by atoms with Gasteiger partial charge in [-0.05, 0) is 88.8 Å². The van der Waals surface area contributed by atoms with Gasteiger partial charge in [-0.2, -0.15) is 0 Å². The van der Waals surface area contributed by atoms with Gasteiger partial charge in [-0.25, -0.2) is 0 Å². The fourth-order valence-electron chi connectivity index (χ4n) is 6.32. The Labute approximate surface area is 212 Å². The third-order valence-corrected chi connectivity index (χ3v) is 8.35. The Balaban J connectivity index is 1.34. The van der Waals surface area contributed by atoms with E-state index in [1.165, 1.54) is 31.2 Å². The van der Waals surface area contributed by atoms with Gasteiger partial charge in [0.1, 0.15) is 13.2 Å². The van der Waals surface area contributed by atoms with E-state index in [-0.39, 0.29) is 24.0 Å². The van der Waals surface area contributed by atoms with E-state index in [0.717, 1.165) is 82.6 Å². The molecule has 1 aromatic carbocycles. The molecule has 0 radical (unpaired) electrons. The molecule has 1 aromatic rings. The van der Waals surface area contributed by atoms with E-state index in [1.54, 1.807) is 0 Å². The van der Waals surface area contributed by atoms with Crippen molar-refractivity contribution in [1.82, 2.24) is 9.80 Å². The molecule has 2 heterocycles. The second-order valence-electron chi connectivity index (χ2n) is 11.2. The molecule has 1 saturated heterocycles. The van der Waals surface area contributed by atoms with Crippen molar-refractivity contribution >= 4 is 0 Å². The van der Waals surface area contributed by atoms with Crippen LogP contribution in [0.3, 0.4) is 0 Å². The van der Waals surface area contributed by atoms with Gasteiger partial charge >= 0.3 is 0 Å². The minimum atomic E-state index is -0.376. The highest BCUT2D eigenvalue weighted by atomic mass is 16.6. The lowest BCUT2D eigenvalue weighted by Gasteiger charge is -2.37. The summed E-state index contributed by atoms with van der Waals surface area (Å²) < 4.78 is 11.4. The Kier molecular flexibility index (Phi) is 10.6. The molecule has 4 rings (SSSR count). The molecule has 2 fully saturated rings. The van der Waals surface area contributed by atoms with Crippen LogP contribution in [0.4, 0.5) is 0 Å². The topological polar surface area (TPSA) is 65.4 Å². The van der Waals surface area contributed by atoms with Gasteiger partial charge in [0.05, 0.1) is 12.2 Å². The molecule has 1 aliphatic carbocycles. The molecule has 0 spiro atoms. The zero-order valence-corrected chi connectivity index (χ0v) is 21.9. The molecule has 2 aliphatic heterocycles. The summed E-state index contributed by atoms with van der Waals surface area (Å²) in [5.41, 5.74) is 1.31. The lowest BCUT2D eigenvalue weighted by Crippen LogP contribution is -2.45. The molecule has 35 heavy (non-hydrogen) atoms. The summed E-state index contributed by atoms with van der Waals surface area (Å²) in [5.74, 6) is 2.08. The average molecular weight is 489 g/mol. The summed E-state index contributed by atoms with van der Waals surface area (Å²) in [6.07, 6.45) is 11.8. The van der Waals surface area contributed by atoms with Crippen LogP contribution in [0, 0.1) is 11.8 Å². The number of hydrogen-bond acceptors (Lipinski definition) is 6. The minimum absolute atomic E-state index is 0.140. The first-order valence-electron chi connectivity index (χ1n) is 14.3. The predicted octanol–water partition coefficient (Wildman–Crippen LogP) is 4.12. The minimum Gasteiger partial charge on any atom is -0.486 e. The maximum atomic E-state index is 11.3. The zero-order valence-electron chi connectivity index (χ0n) is 21.9. The smallest absolute Gasteiger partial charge is 0.161 e. The number of benzene rings is 1. The Morgan fingerprint density at radius 3 is 2.43 bits per heavy atom. The first kappa shape index (κ1) is 26.7. The van der Waals surface area contributed by atoms with Crippen molar-refractivity contribution in [3.05, 3.63) is 23.8 Å². The highest BCUT2D eigenvalue weighted by molar-refractivity contribution is 5.43. The van der Waals surface area contributed by atoms with Gasteiger partial charge in [0.2, 0.25) is 0 Å². The molecule has 4 unspecified atom stereocenters. The van der Waals surface area contributed by atoms with E-state index >= 15 is 0 Å². The highest BCUT2D eigenvalue weighted by Crippen LogP contribution is 2.33. The van der Waals surface area contributed by atoms with Gasteiger partial charge in [-0.15, -0.1) is 0 Å². The lowest BCUT2D eigenvalue weighted by atomic mass is 9.78. The number of aliphatic hydroxyl groups excluding tert-OH is 2. The van der Waals surface area contributed by atoms with Crippen molar-refractivity contribution in [2.75, 3.05) is 53.0 Å². The number of β-amino-alcohol motifs (C(OH)–C–C–N with tert-alkyl or cyclic N) is 1. The molecule has 1 saturated carbocycles. The Morgan fingerprint density at radius 2 is 1.57 bits per heavy atom. The largest absolute Gasteiger partial charge is 0.486 e. The molecule has 2 N–H and O–H groups in total. The normalized spacial score (nSPS) is 29.8. The number of aliphatic hydroxyl groups is 2. The van der Waals surface area contributed by atoms with Crippen molar-refractivity contribution in [3.8, 4) is 11.5 Å². The molecular weight excluding hydrogens is 440 g/mol. The second-order valence-corrected chi connectivity index (χ2v) is 11.2. The predicted molar refractivity (Wildman–Crippen MR) is 140 cm³/mol. The summed E-state index contributed by atoms with van der Waals surface area (Å²) >= 11 is 0. The molecular formula is C29H48N2O4. The molecule has 0 aromatic heterocycles. The highest BCUT2D eigenvalue weighted by Gasteiger charge is 2.35. The second kappa shape index (κ2) is 13.8. The van der Waals surface area contributed by atoms with E-state index in [4.69, 9.17) is 9.47 Å². The molecule has 4 atom stereocenters. The molecule has 3 aliphatic rings. The van der Waals surface area contributed by atoms with Crippen LogP contribution < -0.4 is 9.47 Å². The van der Waals surface area contributed by atoms with Crippen LogP contribution in [0.25, 0.3) is 0 Å². The number of hydrogen-bond donors (Lipinski definition) is 2. The van der Waals surface area contributed by atoms with Crippen molar-refractivity contribution < 1.29 is 19.7 Å². The van der Waals surface area contributed by atoms with Gasteiger partial charge in [0.15, 0.2) is 11.5 Å². The first-order valence-corrected chi connectivity index (χ1v) is 14.3. The van der Waals surface area contributed by atoms with E-state index in [0.29, 0.717) is 19.8 Å². The van der Waals surface area contributed by atoms with Gasteiger partial charge in [0.25, 0.3) is 0 Å². The van der Waals surface area contributed by atoms with Crippen molar-refractivity contribution in [3.63, 3.8) is 0 Å². The number of rotatable bonds is 6. The van der Waals surface area contributed by atoms with E-state index < -0.39 is 0 Å². The summed E-state index contributed by atoms with van der Waals surface area (Å²) in [6, 6.07) is 6.33. The summed E-state index contributed by atoms with van der Waals surface area (Å²) in [6.45, 7) is 6.02. The molecule has 6 nitrogen and oxygen atoms in total. The molecule has 0 amide bonds. The molecule has 0 bridgehead atoms. The summed E-state index contributed by atoms with van der Waals surface area (Å²) in [5, 5.41) is 22.4. The van der Waals surface area contributed by atoms with Crippen LogP contribution in [0.5, 0.6) is 11.5 Å². The van der Waals surface area contributed by atoms with Gasteiger partial charge in [-0.3, -0.25) is 0 Å². The van der Waals surface area contributed by atoms with E-state index in [1.807, 2.05) is 6.07 Å². The number of fused-ring (bicyclic) bond motifs is 1. The quantitative estimate of drug-likeness (QED) is 0.588. The SMILES string of the molecule is CN1CCCN(CCCCc2ccc3c(c2)OCCO3)CC(C2CCCCCCCC2O)C(O)C1. The van der Waals surface area contributed by atoms with Gasteiger partial charge in [0, 0.05) is 19.0 Å². The van der Waals surface area contributed by atoms with Crippen LogP contribution in [0.1, 0.15) is 69.8 Å². The standard InChI is InChI=1S/C29H48N2O4/c1-30-15-9-17-31(16-8-7-10-23-13-14-28-29(20-23)35-19-18-34-28)21-25(27(33)22-30)24-11-5-3-2-4-6-12-26(24)32/h13-14,20,24-27,32-33H,2-12,15-19,21-22H2,1H3.